The Morgan fingerprint density at radius 1 is 1.23 bits per heavy atom. The van der Waals surface area contributed by atoms with E-state index in [1.165, 1.54) is 17.1 Å². The summed E-state index contributed by atoms with van der Waals surface area (Å²) in [4.78, 5) is 12.4. The van der Waals surface area contributed by atoms with Crippen molar-refractivity contribution in [1.29, 1.82) is 0 Å². The lowest BCUT2D eigenvalue weighted by molar-refractivity contribution is -0.0498. The minimum Gasteiger partial charge on any atom is -0.435 e. The molecule has 3 rings (SSSR count). The van der Waals surface area contributed by atoms with Gasteiger partial charge in [-0.1, -0.05) is 18.5 Å². The fraction of sp³-hybridized carbons (Fsp3) is 0.222. The second-order valence-corrected chi connectivity index (χ2v) is 6.24. The van der Waals surface area contributed by atoms with Crippen LogP contribution in [0.4, 0.5) is 19.3 Å². The Labute approximate surface area is 154 Å². The van der Waals surface area contributed by atoms with Gasteiger partial charge < -0.3 is 10.1 Å². The van der Waals surface area contributed by atoms with Crippen molar-refractivity contribution in [2.24, 2.45) is 11.0 Å². The van der Waals surface area contributed by atoms with Crippen LogP contribution in [0, 0.1) is 5.92 Å². The number of rotatable bonds is 4. The summed E-state index contributed by atoms with van der Waals surface area (Å²) in [5.74, 6) is 0.0835. The first-order valence-electron chi connectivity index (χ1n) is 7.90. The highest BCUT2D eigenvalue weighted by Gasteiger charge is 2.28. The van der Waals surface area contributed by atoms with Crippen LogP contribution in [0.15, 0.2) is 53.6 Å². The number of nitrogens with zero attached hydrogens (tertiary/aromatic N) is 2. The largest absolute Gasteiger partial charge is 0.435 e. The molecule has 0 saturated carbocycles. The number of urea groups is 1. The van der Waals surface area contributed by atoms with Crippen LogP contribution in [0.3, 0.4) is 0 Å². The minimum absolute atomic E-state index is 0.00725. The van der Waals surface area contributed by atoms with E-state index in [1.54, 1.807) is 36.4 Å². The zero-order valence-corrected chi connectivity index (χ0v) is 14.6. The number of carbonyl (C=O) groups is 1. The smallest absolute Gasteiger partial charge is 0.387 e. The van der Waals surface area contributed by atoms with Gasteiger partial charge >= 0.3 is 12.6 Å². The zero-order valence-electron chi connectivity index (χ0n) is 13.8. The molecule has 1 aliphatic heterocycles. The Kier molecular flexibility index (Phi) is 5.37. The van der Waals surface area contributed by atoms with Gasteiger partial charge in [-0.3, -0.25) is 0 Å². The molecule has 1 aliphatic rings. The molecule has 0 fully saturated rings. The number of hydrogen-bond donors (Lipinski definition) is 1. The summed E-state index contributed by atoms with van der Waals surface area (Å²) >= 11 is 5.82. The van der Waals surface area contributed by atoms with E-state index in [0.717, 1.165) is 5.56 Å². The average molecular weight is 380 g/mol. The maximum absolute atomic E-state index is 12.4. The first-order valence-corrected chi connectivity index (χ1v) is 8.28. The second-order valence-electron chi connectivity index (χ2n) is 5.81. The number of carbonyl (C=O) groups excluding carboxylic acids is 1. The van der Waals surface area contributed by atoms with Gasteiger partial charge in [-0.2, -0.15) is 13.9 Å². The Balaban J connectivity index is 1.70. The number of nitrogens with one attached hydrogen (secondary N) is 1. The summed E-state index contributed by atoms with van der Waals surface area (Å²) < 4.78 is 28.8. The monoisotopic (exact) mass is 379 g/mol. The number of amides is 2. The molecule has 5 nitrogen and oxygen atoms in total. The Morgan fingerprint density at radius 3 is 2.50 bits per heavy atom. The quantitative estimate of drug-likeness (QED) is 0.827. The van der Waals surface area contributed by atoms with E-state index >= 15 is 0 Å². The van der Waals surface area contributed by atoms with Crippen molar-refractivity contribution in [3.05, 3.63) is 59.1 Å². The standard InChI is InChI=1S/C18H16ClF2N3O2/c1-11-10-24(18(25)22-14-6-4-13(19)5-7-14)23-16(11)12-2-8-15(9-3-12)26-17(20)21/h2-9,11,17H,10H2,1H3,(H,22,25). The van der Waals surface area contributed by atoms with E-state index in [1.807, 2.05) is 6.92 Å². The molecule has 1 N–H and O–H groups in total. The average Bonchev–Trinajstić information content (AvgIpc) is 2.99. The van der Waals surface area contributed by atoms with Crippen LogP contribution in [0.1, 0.15) is 12.5 Å². The van der Waals surface area contributed by atoms with Crippen LogP contribution in [-0.2, 0) is 0 Å². The number of hydrazone groups is 1. The molecule has 1 heterocycles. The fourth-order valence-corrected chi connectivity index (χ4v) is 2.74. The van der Waals surface area contributed by atoms with Gasteiger partial charge in [-0.25, -0.2) is 9.80 Å². The molecular formula is C18H16ClF2N3O2. The summed E-state index contributed by atoms with van der Waals surface area (Å²) in [7, 11) is 0. The second kappa shape index (κ2) is 7.70. The predicted molar refractivity (Wildman–Crippen MR) is 96.0 cm³/mol. The van der Waals surface area contributed by atoms with Crippen LogP contribution < -0.4 is 10.1 Å². The summed E-state index contributed by atoms with van der Waals surface area (Å²) in [5, 5.41) is 9.05. The maximum atomic E-state index is 12.4. The lowest BCUT2D eigenvalue weighted by Gasteiger charge is -2.13. The van der Waals surface area contributed by atoms with E-state index in [-0.39, 0.29) is 17.7 Å². The Morgan fingerprint density at radius 2 is 1.88 bits per heavy atom. The molecule has 2 aromatic carbocycles. The highest BCUT2D eigenvalue weighted by Crippen LogP contribution is 2.23. The molecule has 0 aromatic heterocycles. The van der Waals surface area contributed by atoms with Crippen LogP contribution >= 0.6 is 11.6 Å². The molecule has 0 radical (unpaired) electrons. The van der Waals surface area contributed by atoms with Gasteiger partial charge in [0.1, 0.15) is 5.75 Å². The number of ether oxygens (including phenoxy) is 1. The zero-order chi connectivity index (χ0) is 18.7. The third-order valence-corrected chi connectivity index (χ3v) is 4.10. The van der Waals surface area contributed by atoms with Crippen molar-refractivity contribution in [2.75, 3.05) is 11.9 Å². The van der Waals surface area contributed by atoms with Gasteiger partial charge in [0.25, 0.3) is 0 Å². The van der Waals surface area contributed by atoms with E-state index in [9.17, 15) is 13.6 Å². The van der Waals surface area contributed by atoms with Crippen LogP contribution in [0.2, 0.25) is 5.02 Å². The van der Waals surface area contributed by atoms with Crippen molar-refractivity contribution in [3.8, 4) is 5.75 Å². The van der Waals surface area contributed by atoms with Gasteiger partial charge in [0.05, 0.1) is 12.3 Å². The van der Waals surface area contributed by atoms with Crippen molar-refractivity contribution >= 4 is 29.0 Å². The number of alkyl halides is 2. The van der Waals surface area contributed by atoms with Gasteiger partial charge in [0.2, 0.25) is 0 Å². The third-order valence-electron chi connectivity index (χ3n) is 3.85. The van der Waals surface area contributed by atoms with E-state index in [0.29, 0.717) is 23.0 Å². The molecule has 8 heteroatoms. The molecule has 0 aliphatic carbocycles. The molecule has 1 atom stereocenters. The molecule has 0 spiro atoms. The topological polar surface area (TPSA) is 53.9 Å². The Hall–Kier alpha value is -2.67. The van der Waals surface area contributed by atoms with Gasteiger partial charge in [0.15, 0.2) is 0 Å². The fourth-order valence-electron chi connectivity index (χ4n) is 2.61. The molecule has 0 bridgehead atoms. The maximum Gasteiger partial charge on any atom is 0.387 e. The van der Waals surface area contributed by atoms with Crippen LogP contribution in [0.5, 0.6) is 5.75 Å². The van der Waals surface area contributed by atoms with E-state index < -0.39 is 6.61 Å². The number of anilines is 1. The first kappa shape index (κ1) is 18.1. The van der Waals surface area contributed by atoms with Crippen molar-refractivity contribution in [3.63, 3.8) is 0 Å². The highest BCUT2D eigenvalue weighted by molar-refractivity contribution is 6.30. The highest BCUT2D eigenvalue weighted by atomic mass is 35.5. The van der Waals surface area contributed by atoms with Crippen LogP contribution in [-0.4, -0.2) is 29.9 Å². The SMILES string of the molecule is CC1CN(C(=O)Nc2ccc(Cl)cc2)N=C1c1ccc(OC(F)F)cc1. The minimum atomic E-state index is -2.87. The van der Waals surface area contributed by atoms with Crippen LogP contribution in [0.25, 0.3) is 0 Å². The molecule has 2 aromatic rings. The van der Waals surface area contributed by atoms with E-state index in [2.05, 4.69) is 15.2 Å². The lowest BCUT2D eigenvalue weighted by Crippen LogP contribution is -2.30. The van der Waals surface area contributed by atoms with Gasteiger partial charge in [-0.05, 0) is 54.1 Å². The van der Waals surface area contributed by atoms with Gasteiger partial charge in [-0.15, -0.1) is 0 Å². The summed E-state index contributed by atoms with van der Waals surface area (Å²) in [5.41, 5.74) is 2.07. The van der Waals surface area contributed by atoms with Crippen molar-refractivity contribution in [1.82, 2.24) is 5.01 Å². The normalized spacial score (nSPS) is 16.6. The molecule has 26 heavy (non-hydrogen) atoms. The molecule has 136 valence electrons. The molecule has 0 saturated heterocycles. The Bertz CT molecular complexity index is 810. The van der Waals surface area contributed by atoms with Crippen molar-refractivity contribution in [2.45, 2.75) is 13.5 Å². The number of benzene rings is 2. The number of halogens is 3. The summed E-state index contributed by atoms with van der Waals surface area (Å²) in [6.07, 6.45) is 0. The first-order chi connectivity index (χ1) is 12.4. The third kappa shape index (κ3) is 4.29. The summed E-state index contributed by atoms with van der Waals surface area (Å²) in [6, 6.07) is 12.6. The predicted octanol–water partition coefficient (Wildman–Crippen LogP) is 4.83. The molecule has 2 amide bonds. The summed E-state index contributed by atoms with van der Waals surface area (Å²) in [6.45, 7) is -0.502. The molecule has 1 unspecified atom stereocenters. The number of hydrogen-bond acceptors (Lipinski definition) is 3. The lowest BCUT2D eigenvalue weighted by atomic mass is 9.99. The van der Waals surface area contributed by atoms with Gasteiger partial charge in [0, 0.05) is 16.6 Å². The van der Waals surface area contributed by atoms with Crippen molar-refractivity contribution < 1.29 is 18.3 Å². The van der Waals surface area contributed by atoms with E-state index in [4.69, 9.17) is 11.6 Å². The molecular weight excluding hydrogens is 364 g/mol.